The Hall–Kier alpha value is -1.42. The van der Waals surface area contributed by atoms with Crippen LogP contribution in [0.5, 0.6) is 0 Å². The summed E-state index contributed by atoms with van der Waals surface area (Å²) in [5.74, 6) is 0.670. The lowest BCUT2D eigenvalue weighted by molar-refractivity contribution is 0.819. The molecule has 0 atom stereocenters. The normalized spacial score (nSPS) is 10.8. The average molecular weight is 292 g/mol. The Morgan fingerprint density at radius 3 is 2.35 bits per heavy atom. The number of anilines is 1. The summed E-state index contributed by atoms with van der Waals surface area (Å²) in [7, 11) is 0. The molecule has 1 heterocycles. The highest BCUT2D eigenvalue weighted by Gasteiger charge is 2.07. The lowest BCUT2D eigenvalue weighted by atomic mass is 10.1. The molecule has 3 nitrogen and oxygen atoms in total. The Bertz CT molecular complexity index is 521. The molecule has 88 valence electrons. The van der Waals surface area contributed by atoms with Crippen LogP contribution < -0.4 is 5.73 Å². The second-order valence-corrected chi connectivity index (χ2v) is 5.11. The molecule has 0 bridgehead atoms. The number of hydrogen-bond donors (Lipinski definition) is 1. The minimum absolute atomic E-state index is 0.328. The Kier molecular flexibility index (Phi) is 3.43. The van der Waals surface area contributed by atoms with Crippen molar-refractivity contribution in [2.45, 2.75) is 19.8 Å². The van der Waals surface area contributed by atoms with Gasteiger partial charge in [0.15, 0.2) is 0 Å². The third-order valence-corrected chi connectivity index (χ3v) is 3.02. The van der Waals surface area contributed by atoms with Gasteiger partial charge in [-0.1, -0.05) is 41.9 Å². The second kappa shape index (κ2) is 4.84. The first-order valence-corrected chi connectivity index (χ1v) is 6.26. The van der Waals surface area contributed by atoms with Gasteiger partial charge in [0.1, 0.15) is 0 Å². The molecule has 0 radical (unpaired) electrons. The van der Waals surface area contributed by atoms with E-state index in [1.165, 1.54) is 0 Å². The van der Waals surface area contributed by atoms with Gasteiger partial charge < -0.3 is 5.73 Å². The first-order chi connectivity index (χ1) is 8.06. The second-order valence-electron chi connectivity index (χ2n) is 4.20. The number of nitrogen functional groups attached to an aromatic ring is 1. The van der Waals surface area contributed by atoms with Gasteiger partial charge in [-0.2, -0.15) is 0 Å². The van der Waals surface area contributed by atoms with Crippen molar-refractivity contribution in [3.05, 3.63) is 40.5 Å². The summed E-state index contributed by atoms with van der Waals surface area (Å²) in [5, 5.41) is 0. The van der Waals surface area contributed by atoms with E-state index >= 15 is 0 Å². The molecule has 0 aliphatic carbocycles. The number of hydrogen-bond acceptors (Lipinski definition) is 3. The van der Waals surface area contributed by atoms with Gasteiger partial charge in [0.05, 0.1) is 5.69 Å². The topological polar surface area (TPSA) is 51.8 Å². The first-order valence-electron chi connectivity index (χ1n) is 5.46. The van der Waals surface area contributed by atoms with Gasteiger partial charge in [-0.3, -0.25) is 0 Å². The van der Waals surface area contributed by atoms with Gasteiger partial charge in [-0.05, 0) is 24.1 Å². The number of benzene rings is 1. The first kappa shape index (κ1) is 12.0. The van der Waals surface area contributed by atoms with Gasteiger partial charge in [0.2, 0.25) is 5.95 Å². The third-order valence-electron chi connectivity index (χ3n) is 2.49. The molecule has 1 aromatic heterocycles. The number of nitrogens with zero attached hydrogens (tertiary/aromatic N) is 2. The monoisotopic (exact) mass is 291 g/mol. The minimum Gasteiger partial charge on any atom is -0.368 e. The van der Waals surface area contributed by atoms with Crippen LogP contribution in [0.1, 0.15) is 25.5 Å². The Morgan fingerprint density at radius 2 is 1.76 bits per heavy atom. The van der Waals surface area contributed by atoms with E-state index in [-0.39, 0.29) is 0 Å². The zero-order valence-corrected chi connectivity index (χ0v) is 11.4. The maximum atomic E-state index is 5.73. The minimum atomic E-state index is 0.328. The molecular weight excluding hydrogens is 278 g/mol. The predicted octanol–water partition coefficient (Wildman–Crippen LogP) is 3.61. The molecule has 0 saturated carbocycles. The van der Waals surface area contributed by atoms with Gasteiger partial charge in [-0.15, -0.1) is 0 Å². The van der Waals surface area contributed by atoms with E-state index in [2.05, 4.69) is 39.7 Å². The zero-order chi connectivity index (χ0) is 12.4. The summed E-state index contributed by atoms with van der Waals surface area (Å²) < 4.78 is 1.05. The molecule has 2 N–H and O–H groups in total. The molecule has 0 spiro atoms. The average Bonchev–Trinajstić information content (AvgIpc) is 2.29. The SMILES string of the molecule is CC(C)c1cc(-c2ccc(Br)cc2)nc(N)n1. The number of halogens is 1. The van der Waals surface area contributed by atoms with Crippen LogP contribution in [-0.4, -0.2) is 9.97 Å². The smallest absolute Gasteiger partial charge is 0.220 e. The molecular formula is C13H14BrN3. The molecule has 1 aromatic carbocycles. The number of nitrogens with two attached hydrogens (primary N) is 1. The fraction of sp³-hybridized carbons (Fsp3) is 0.231. The highest BCUT2D eigenvalue weighted by Crippen LogP contribution is 2.23. The van der Waals surface area contributed by atoms with E-state index in [4.69, 9.17) is 5.73 Å². The van der Waals surface area contributed by atoms with Crippen molar-refractivity contribution in [3.8, 4) is 11.3 Å². The van der Waals surface area contributed by atoms with Crippen LogP contribution in [-0.2, 0) is 0 Å². The van der Waals surface area contributed by atoms with Crippen molar-refractivity contribution in [2.75, 3.05) is 5.73 Å². The summed E-state index contributed by atoms with van der Waals surface area (Å²) >= 11 is 3.41. The molecule has 2 aromatic rings. The lowest BCUT2D eigenvalue weighted by Crippen LogP contribution is -2.02. The quantitative estimate of drug-likeness (QED) is 0.920. The maximum absolute atomic E-state index is 5.73. The van der Waals surface area contributed by atoms with Crippen LogP contribution >= 0.6 is 15.9 Å². The summed E-state index contributed by atoms with van der Waals surface area (Å²) in [6.07, 6.45) is 0. The maximum Gasteiger partial charge on any atom is 0.220 e. The summed E-state index contributed by atoms with van der Waals surface area (Å²) in [6, 6.07) is 9.99. The van der Waals surface area contributed by atoms with Crippen LogP contribution in [0.4, 0.5) is 5.95 Å². The standard InChI is InChI=1S/C13H14BrN3/c1-8(2)11-7-12(17-13(15)16-11)9-3-5-10(14)6-4-9/h3-8H,1-2H3,(H2,15,16,17). The van der Waals surface area contributed by atoms with Gasteiger partial charge in [0, 0.05) is 15.7 Å². The Balaban J connectivity index is 2.48. The largest absolute Gasteiger partial charge is 0.368 e. The van der Waals surface area contributed by atoms with Gasteiger partial charge >= 0.3 is 0 Å². The third kappa shape index (κ3) is 2.82. The van der Waals surface area contributed by atoms with Crippen molar-refractivity contribution >= 4 is 21.9 Å². The van der Waals surface area contributed by atoms with E-state index in [9.17, 15) is 0 Å². The van der Waals surface area contributed by atoms with Crippen LogP contribution in [0.2, 0.25) is 0 Å². The van der Waals surface area contributed by atoms with Crippen LogP contribution in [0.3, 0.4) is 0 Å². The molecule has 0 aliphatic rings. The predicted molar refractivity (Wildman–Crippen MR) is 73.7 cm³/mol. The van der Waals surface area contributed by atoms with Crippen LogP contribution in [0, 0.1) is 0 Å². The van der Waals surface area contributed by atoms with E-state index in [1.807, 2.05) is 30.3 Å². The van der Waals surface area contributed by atoms with Crippen molar-refractivity contribution in [3.63, 3.8) is 0 Å². The lowest BCUT2D eigenvalue weighted by Gasteiger charge is -2.08. The van der Waals surface area contributed by atoms with Crippen LogP contribution in [0.25, 0.3) is 11.3 Å². The molecule has 0 aliphatic heterocycles. The molecule has 17 heavy (non-hydrogen) atoms. The van der Waals surface area contributed by atoms with E-state index in [0.717, 1.165) is 21.4 Å². The highest BCUT2D eigenvalue weighted by molar-refractivity contribution is 9.10. The number of aromatic nitrogens is 2. The van der Waals surface area contributed by atoms with E-state index in [1.54, 1.807) is 0 Å². The van der Waals surface area contributed by atoms with Gasteiger partial charge in [-0.25, -0.2) is 9.97 Å². The zero-order valence-electron chi connectivity index (χ0n) is 9.81. The molecule has 0 fully saturated rings. The Labute approximate surface area is 109 Å². The highest BCUT2D eigenvalue weighted by atomic mass is 79.9. The van der Waals surface area contributed by atoms with Crippen molar-refractivity contribution in [1.82, 2.24) is 9.97 Å². The molecule has 2 rings (SSSR count). The fourth-order valence-corrected chi connectivity index (χ4v) is 1.81. The summed E-state index contributed by atoms with van der Waals surface area (Å²) in [6.45, 7) is 4.18. The summed E-state index contributed by atoms with van der Waals surface area (Å²) in [5.41, 5.74) is 8.62. The van der Waals surface area contributed by atoms with Crippen LogP contribution in [0.15, 0.2) is 34.8 Å². The number of rotatable bonds is 2. The molecule has 0 amide bonds. The molecule has 4 heteroatoms. The van der Waals surface area contributed by atoms with E-state index < -0.39 is 0 Å². The van der Waals surface area contributed by atoms with Crippen molar-refractivity contribution < 1.29 is 0 Å². The molecule has 0 unspecified atom stereocenters. The van der Waals surface area contributed by atoms with Crippen molar-refractivity contribution in [2.24, 2.45) is 0 Å². The van der Waals surface area contributed by atoms with Crippen molar-refractivity contribution in [1.29, 1.82) is 0 Å². The Morgan fingerprint density at radius 1 is 1.12 bits per heavy atom. The fourth-order valence-electron chi connectivity index (χ4n) is 1.55. The summed E-state index contributed by atoms with van der Waals surface area (Å²) in [4.78, 5) is 8.50. The van der Waals surface area contributed by atoms with E-state index in [0.29, 0.717) is 11.9 Å². The van der Waals surface area contributed by atoms with Gasteiger partial charge in [0.25, 0.3) is 0 Å². The molecule has 0 saturated heterocycles.